The molecule has 0 radical (unpaired) electrons. The highest BCUT2D eigenvalue weighted by Gasteiger charge is 2.71. The molecule has 2 aliphatic heterocycles. The average molecular weight is 514 g/mol. The lowest BCUT2D eigenvalue weighted by Gasteiger charge is -2.37. The van der Waals surface area contributed by atoms with Crippen molar-refractivity contribution in [3.8, 4) is 0 Å². The second-order valence-electron chi connectivity index (χ2n) is 10.5. The molecule has 7 rings (SSSR count). The van der Waals surface area contributed by atoms with E-state index in [0.717, 1.165) is 16.8 Å². The van der Waals surface area contributed by atoms with Gasteiger partial charge in [0, 0.05) is 28.3 Å². The summed E-state index contributed by atoms with van der Waals surface area (Å²) in [7, 11) is 0. The Kier molecular flexibility index (Phi) is 5.08. The summed E-state index contributed by atoms with van der Waals surface area (Å²) in [5.41, 5.74) is 2.24. The maximum absolute atomic E-state index is 15.8. The first kappa shape index (κ1) is 23.5. The van der Waals surface area contributed by atoms with Crippen molar-refractivity contribution in [1.29, 1.82) is 0 Å². The molecule has 190 valence electrons. The molecular weight excluding hydrogens is 489 g/mol. The third-order valence-corrected chi connectivity index (χ3v) is 8.53. The summed E-state index contributed by atoms with van der Waals surface area (Å²) in [5.74, 6) is -2.59. The summed E-state index contributed by atoms with van der Waals surface area (Å²) in [6.07, 6.45) is 3.78. The molecule has 0 saturated carbocycles. The van der Waals surface area contributed by atoms with E-state index >= 15 is 4.39 Å². The van der Waals surface area contributed by atoms with E-state index in [-0.39, 0.29) is 22.9 Å². The number of Topliss-reactive ketones (excluding diaryl/α,β-unsaturated/α-hetero) is 3. The van der Waals surface area contributed by atoms with Crippen molar-refractivity contribution in [2.75, 3.05) is 4.90 Å². The summed E-state index contributed by atoms with van der Waals surface area (Å²) in [5, 5.41) is 0. The average Bonchev–Trinajstić information content (AvgIpc) is 3.39. The number of benzene rings is 4. The lowest BCUT2D eigenvalue weighted by molar-refractivity contribution is 0.0664. The summed E-state index contributed by atoms with van der Waals surface area (Å²) < 4.78 is 15.8. The molecule has 4 aromatic rings. The number of aryl methyl sites for hydroxylation is 1. The molecule has 0 amide bonds. The standard InChI is InChI=1S/C34H24FNO3/c1-20-15-17-27-22(19-20)16-18-28-34(32(38)23-11-5-6-12-24(23)33(34)39)29(25-13-7-8-14-26(25)35)30(36(27)28)31(37)21-9-3-2-4-10-21/h2-19,28-30H,1H3/t28-,29+,30-/m1/s1. The Hall–Kier alpha value is -4.64. The van der Waals surface area contributed by atoms with Crippen molar-refractivity contribution in [3.05, 3.63) is 142 Å². The molecule has 0 unspecified atom stereocenters. The van der Waals surface area contributed by atoms with Gasteiger partial charge in [-0.2, -0.15) is 0 Å². The van der Waals surface area contributed by atoms with Crippen LogP contribution < -0.4 is 4.90 Å². The highest BCUT2D eigenvalue weighted by Crippen LogP contribution is 2.61. The summed E-state index contributed by atoms with van der Waals surface area (Å²) in [4.78, 5) is 45.5. The molecule has 1 saturated heterocycles. The van der Waals surface area contributed by atoms with Gasteiger partial charge in [-0.1, -0.05) is 96.6 Å². The Morgan fingerprint density at radius 3 is 2.15 bits per heavy atom. The van der Waals surface area contributed by atoms with Crippen LogP contribution in [0.4, 0.5) is 10.1 Å². The van der Waals surface area contributed by atoms with Gasteiger partial charge in [-0.3, -0.25) is 14.4 Å². The van der Waals surface area contributed by atoms with Gasteiger partial charge in [-0.15, -0.1) is 0 Å². The van der Waals surface area contributed by atoms with E-state index < -0.39 is 29.2 Å². The van der Waals surface area contributed by atoms with Gasteiger partial charge >= 0.3 is 0 Å². The van der Waals surface area contributed by atoms with Gasteiger partial charge < -0.3 is 4.90 Å². The maximum atomic E-state index is 15.8. The van der Waals surface area contributed by atoms with Crippen molar-refractivity contribution in [1.82, 2.24) is 0 Å². The Bertz CT molecular complexity index is 1690. The monoisotopic (exact) mass is 513 g/mol. The molecule has 2 heterocycles. The van der Waals surface area contributed by atoms with Crippen LogP contribution in [0.25, 0.3) is 6.08 Å². The van der Waals surface area contributed by atoms with Gasteiger partial charge in [0.25, 0.3) is 0 Å². The highest BCUT2D eigenvalue weighted by atomic mass is 19.1. The van der Waals surface area contributed by atoms with Crippen LogP contribution in [0.3, 0.4) is 0 Å². The number of anilines is 1. The largest absolute Gasteiger partial charge is 0.352 e. The van der Waals surface area contributed by atoms with Crippen molar-refractivity contribution in [2.45, 2.75) is 24.9 Å². The quantitative estimate of drug-likeness (QED) is 0.233. The van der Waals surface area contributed by atoms with Crippen LogP contribution in [0, 0.1) is 18.2 Å². The first-order valence-corrected chi connectivity index (χ1v) is 13.0. The number of ketones is 3. The first-order valence-electron chi connectivity index (χ1n) is 13.0. The fourth-order valence-corrected chi connectivity index (χ4v) is 6.94. The van der Waals surface area contributed by atoms with E-state index in [0.29, 0.717) is 16.7 Å². The number of nitrogens with zero attached hydrogens (tertiary/aromatic N) is 1. The summed E-state index contributed by atoms with van der Waals surface area (Å²) in [6, 6.07) is 25.9. The first-order chi connectivity index (χ1) is 18.9. The molecule has 3 aliphatic rings. The minimum Gasteiger partial charge on any atom is -0.352 e. The number of halogens is 1. The van der Waals surface area contributed by atoms with E-state index in [1.54, 1.807) is 66.7 Å². The van der Waals surface area contributed by atoms with Crippen molar-refractivity contribution >= 4 is 29.1 Å². The van der Waals surface area contributed by atoms with Gasteiger partial charge in [0.05, 0.1) is 6.04 Å². The number of carbonyl (C=O) groups excluding carboxylic acids is 3. The summed E-state index contributed by atoms with van der Waals surface area (Å²) in [6.45, 7) is 1.99. The predicted molar refractivity (Wildman–Crippen MR) is 148 cm³/mol. The second kappa shape index (κ2) is 8.43. The normalized spacial score (nSPS) is 22.1. The smallest absolute Gasteiger partial charge is 0.185 e. The van der Waals surface area contributed by atoms with E-state index in [4.69, 9.17) is 0 Å². The van der Waals surface area contributed by atoms with Crippen LogP contribution >= 0.6 is 0 Å². The van der Waals surface area contributed by atoms with Crippen molar-refractivity contribution in [2.24, 2.45) is 5.41 Å². The number of fused-ring (bicyclic) bond motifs is 5. The molecule has 0 bridgehead atoms. The number of carbonyl (C=O) groups is 3. The van der Waals surface area contributed by atoms with Crippen LogP contribution in [0.15, 0.2) is 103 Å². The molecule has 3 atom stereocenters. The van der Waals surface area contributed by atoms with Crippen LogP contribution in [0.1, 0.15) is 53.7 Å². The Balaban J connectivity index is 1.57. The van der Waals surface area contributed by atoms with Crippen molar-refractivity contribution in [3.63, 3.8) is 0 Å². The zero-order valence-electron chi connectivity index (χ0n) is 21.2. The third-order valence-electron chi connectivity index (χ3n) is 8.53. The molecule has 0 aromatic heterocycles. The SMILES string of the molecule is Cc1ccc2c(c1)C=C[C@H]1N2[C@@H](C(=O)c2ccccc2)[C@H](c2ccccc2F)C12C(=O)c1ccccc1C2=O. The van der Waals surface area contributed by atoms with Crippen LogP contribution in [0.5, 0.6) is 0 Å². The van der Waals surface area contributed by atoms with Gasteiger partial charge in [0.1, 0.15) is 17.3 Å². The predicted octanol–water partition coefficient (Wildman–Crippen LogP) is 6.45. The van der Waals surface area contributed by atoms with Gasteiger partial charge in [0.15, 0.2) is 17.3 Å². The van der Waals surface area contributed by atoms with Gasteiger partial charge in [-0.05, 0) is 36.2 Å². The number of rotatable bonds is 3. The molecule has 1 fully saturated rings. The van der Waals surface area contributed by atoms with E-state index in [9.17, 15) is 14.4 Å². The van der Waals surface area contributed by atoms with E-state index in [2.05, 4.69) is 0 Å². The third kappa shape index (κ3) is 3.07. The number of hydrogen-bond acceptors (Lipinski definition) is 4. The van der Waals surface area contributed by atoms with Gasteiger partial charge in [0.2, 0.25) is 0 Å². The topological polar surface area (TPSA) is 54.5 Å². The molecule has 39 heavy (non-hydrogen) atoms. The van der Waals surface area contributed by atoms with E-state index in [1.165, 1.54) is 6.07 Å². The second-order valence-corrected chi connectivity index (χ2v) is 10.5. The molecule has 0 N–H and O–H groups in total. The van der Waals surface area contributed by atoms with Crippen LogP contribution in [0.2, 0.25) is 0 Å². The molecule has 4 aromatic carbocycles. The fourth-order valence-electron chi connectivity index (χ4n) is 6.94. The Morgan fingerprint density at radius 1 is 0.821 bits per heavy atom. The molecule has 1 aliphatic carbocycles. The van der Waals surface area contributed by atoms with Gasteiger partial charge in [-0.25, -0.2) is 4.39 Å². The zero-order chi connectivity index (χ0) is 26.9. The summed E-state index contributed by atoms with van der Waals surface area (Å²) >= 11 is 0. The molecule has 5 heteroatoms. The highest BCUT2D eigenvalue weighted by molar-refractivity contribution is 6.32. The molecule has 1 spiro atoms. The minimum atomic E-state index is -1.71. The minimum absolute atomic E-state index is 0.192. The van der Waals surface area contributed by atoms with Crippen molar-refractivity contribution < 1.29 is 18.8 Å². The van der Waals surface area contributed by atoms with Crippen LogP contribution in [-0.2, 0) is 0 Å². The maximum Gasteiger partial charge on any atom is 0.185 e. The Morgan fingerprint density at radius 2 is 1.46 bits per heavy atom. The number of hydrogen-bond donors (Lipinski definition) is 0. The Labute approximate surface area is 225 Å². The molecular formula is C34H24FNO3. The van der Waals surface area contributed by atoms with E-state index in [1.807, 2.05) is 48.2 Å². The fraction of sp³-hybridized carbons (Fsp3) is 0.147. The molecule has 4 nitrogen and oxygen atoms in total. The van der Waals surface area contributed by atoms with Crippen LogP contribution in [-0.4, -0.2) is 29.4 Å². The zero-order valence-corrected chi connectivity index (χ0v) is 21.2. The lowest BCUT2D eigenvalue weighted by Crippen LogP contribution is -2.48. The lowest BCUT2D eigenvalue weighted by atomic mass is 9.64.